The van der Waals surface area contributed by atoms with Crippen LogP contribution in [0.15, 0.2) is 11.4 Å². The van der Waals surface area contributed by atoms with Crippen LogP contribution in [0.3, 0.4) is 0 Å². The first-order valence-corrected chi connectivity index (χ1v) is 11.5. The molecular formula is C16H20N2Na2O8S2. The molecule has 4 aliphatic rings. The van der Waals surface area contributed by atoms with Crippen LogP contribution in [0.1, 0.15) is 38.5 Å². The van der Waals surface area contributed by atoms with Crippen LogP contribution in [0.5, 0.6) is 0 Å². The van der Waals surface area contributed by atoms with Crippen LogP contribution in [-0.4, -0.2) is 54.5 Å². The number of ketones is 2. The Morgan fingerprint density at radius 1 is 0.900 bits per heavy atom. The summed E-state index contributed by atoms with van der Waals surface area (Å²) in [7, 11) is -7.50. The van der Waals surface area contributed by atoms with Gasteiger partial charge in [0.05, 0.1) is 15.4 Å². The third kappa shape index (κ3) is 6.16. The molecule has 2 heterocycles. The number of rotatable bonds is 1. The summed E-state index contributed by atoms with van der Waals surface area (Å²) in [5.74, 6) is -0.891. The van der Waals surface area contributed by atoms with E-state index in [9.17, 15) is 22.6 Å². The standard InChI is InChI=1S/C16H21N2O5S.2Na.O3S/c19-15-9-3-1-2-4-11(9)17-13(15)14-16(20)10-7-8(24(21,22)23)5-6-12(10)18-14;;;1-4(2)3/h1,8-12,17-18H,2-7H2,(H,21,22,23);;;/q-1;2*+1;/p-1/b14-13-;;;. The number of allylic oxidation sites excluding steroid dienone is 2. The summed E-state index contributed by atoms with van der Waals surface area (Å²) in [4.78, 5) is 25.4. The minimum Gasteiger partial charge on any atom is -0.748 e. The summed E-state index contributed by atoms with van der Waals surface area (Å²) in [6.07, 6.45) is 5.44. The molecule has 4 fully saturated rings. The van der Waals surface area contributed by atoms with Gasteiger partial charge in [0.15, 0.2) is 11.6 Å². The number of fused-ring (bicyclic) bond motifs is 2. The van der Waals surface area contributed by atoms with Crippen molar-refractivity contribution < 1.29 is 94.3 Å². The van der Waals surface area contributed by atoms with Crippen molar-refractivity contribution >= 4 is 32.3 Å². The van der Waals surface area contributed by atoms with Gasteiger partial charge in [-0.3, -0.25) is 9.59 Å². The maximum atomic E-state index is 12.7. The Kier molecular flexibility index (Phi) is 10.7. The van der Waals surface area contributed by atoms with Crippen molar-refractivity contribution in [1.82, 2.24) is 10.6 Å². The van der Waals surface area contributed by atoms with Gasteiger partial charge in [0, 0.05) is 23.9 Å². The molecule has 2 saturated heterocycles. The summed E-state index contributed by atoms with van der Waals surface area (Å²) >= 11 is 0. The molecule has 0 aromatic heterocycles. The first-order valence-electron chi connectivity index (χ1n) is 8.98. The first kappa shape index (κ1) is 28.2. The van der Waals surface area contributed by atoms with E-state index in [0.29, 0.717) is 17.8 Å². The molecule has 0 aromatic carbocycles. The van der Waals surface area contributed by atoms with Crippen LogP contribution in [0.4, 0.5) is 0 Å². The topological polar surface area (TPSA) is 167 Å². The molecule has 2 N–H and O–H groups in total. The van der Waals surface area contributed by atoms with E-state index in [0.717, 1.165) is 19.3 Å². The van der Waals surface area contributed by atoms with Gasteiger partial charge in [-0.25, -0.2) is 8.42 Å². The minimum atomic E-state index is -4.39. The second kappa shape index (κ2) is 11.4. The van der Waals surface area contributed by atoms with Gasteiger partial charge in [-0.15, -0.1) is 12.6 Å². The maximum absolute atomic E-state index is 12.7. The third-order valence-electron chi connectivity index (χ3n) is 5.87. The van der Waals surface area contributed by atoms with Crippen molar-refractivity contribution in [3.05, 3.63) is 17.8 Å². The second-order valence-corrected chi connectivity index (χ2v) is 9.49. The Morgan fingerprint density at radius 3 is 1.90 bits per heavy atom. The van der Waals surface area contributed by atoms with Gasteiger partial charge in [-0.1, -0.05) is 6.42 Å². The Bertz CT molecular complexity index is 929. The molecule has 2 aliphatic carbocycles. The molecule has 0 aromatic rings. The molecule has 5 atom stereocenters. The fraction of sp³-hybridized carbons (Fsp3) is 0.688. The van der Waals surface area contributed by atoms with Crippen molar-refractivity contribution in [2.75, 3.05) is 0 Å². The number of carbonyl (C=O) groups is 2. The zero-order chi connectivity index (χ0) is 20.6. The summed E-state index contributed by atoms with van der Waals surface area (Å²) < 4.78 is 59.2. The zero-order valence-corrected chi connectivity index (χ0v) is 22.4. The van der Waals surface area contributed by atoms with E-state index in [1.807, 2.05) is 0 Å². The van der Waals surface area contributed by atoms with E-state index in [1.165, 1.54) is 0 Å². The van der Waals surface area contributed by atoms with E-state index in [1.54, 1.807) is 0 Å². The van der Waals surface area contributed by atoms with Gasteiger partial charge in [0.25, 0.3) is 0 Å². The molecular weight excluding hydrogens is 458 g/mol. The molecule has 0 radical (unpaired) electrons. The Balaban J connectivity index is 0.000000692. The number of carbonyl (C=O) groups excluding carboxylic acids is 2. The van der Waals surface area contributed by atoms with Crippen LogP contribution < -0.4 is 69.7 Å². The van der Waals surface area contributed by atoms with Gasteiger partial charge >= 0.3 is 69.7 Å². The van der Waals surface area contributed by atoms with E-state index < -0.39 is 31.9 Å². The molecule has 14 heteroatoms. The Hall–Kier alpha value is 0.210. The van der Waals surface area contributed by atoms with E-state index in [2.05, 4.69) is 17.1 Å². The fourth-order valence-electron chi connectivity index (χ4n) is 4.55. The normalized spacial score (nSPS) is 34.6. The number of hydrogen-bond donors (Lipinski definition) is 2. The summed E-state index contributed by atoms with van der Waals surface area (Å²) in [6.45, 7) is 0. The molecule has 0 amide bonds. The van der Waals surface area contributed by atoms with Gasteiger partial charge in [-0.2, -0.15) is 12.8 Å². The van der Waals surface area contributed by atoms with Crippen molar-refractivity contribution in [3.8, 4) is 0 Å². The van der Waals surface area contributed by atoms with Crippen molar-refractivity contribution in [2.24, 2.45) is 11.8 Å². The number of hydrogen-bond acceptors (Lipinski definition) is 10. The van der Waals surface area contributed by atoms with Crippen LogP contribution in [0, 0.1) is 18.3 Å². The number of nitrogens with one attached hydrogen (secondary N) is 2. The Morgan fingerprint density at radius 2 is 1.40 bits per heavy atom. The van der Waals surface area contributed by atoms with Crippen molar-refractivity contribution in [1.29, 1.82) is 0 Å². The molecule has 0 spiro atoms. The summed E-state index contributed by atoms with van der Waals surface area (Å²) in [6, 6.07) is -0.0983. The molecule has 2 aliphatic heterocycles. The predicted octanol–water partition coefficient (Wildman–Crippen LogP) is -7.00. The van der Waals surface area contributed by atoms with Crippen LogP contribution in [-0.2, 0) is 30.3 Å². The zero-order valence-electron chi connectivity index (χ0n) is 16.8. The fourth-order valence-corrected chi connectivity index (χ4v) is 5.42. The van der Waals surface area contributed by atoms with Crippen molar-refractivity contribution in [3.63, 3.8) is 0 Å². The predicted molar refractivity (Wildman–Crippen MR) is 93.1 cm³/mol. The molecule has 0 bridgehead atoms. The maximum Gasteiger partial charge on any atom is 1.00 e. The average Bonchev–Trinajstić information content (AvgIpc) is 3.11. The largest absolute Gasteiger partial charge is 1.00 e. The van der Waals surface area contributed by atoms with Gasteiger partial charge in [0.1, 0.15) is 11.4 Å². The van der Waals surface area contributed by atoms with Crippen molar-refractivity contribution in [2.45, 2.75) is 55.9 Å². The summed E-state index contributed by atoms with van der Waals surface area (Å²) in [5, 5.41) is 5.35. The van der Waals surface area contributed by atoms with Gasteiger partial charge in [0.2, 0.25) is 0 Å². The SMILES string of the molecule is O=C1/C(=C2/NC3CCC(S(=O)(=O)[O-])CC3C2=O)NC2CC[CH-]CC12.O=S(=O)=O.[Na+].[Na+]. The van der Waals surface area contributed by atoms with Crippen LogP contribution in [0.2, 0.25) is 0 Å². The average molecular weight is 478 g/mol. The third-order valence-corrected chi connectivity index (χ3v) is 7.12. The molecule has 2 saturated carbocycles. The van der Waals surface area contributed by atoms with Gasteiger partial charge < -0.3 is 21.6 Å². The summed E-state index contributed by atoms with van der Waals surface area (Å²) in [5.41, 5.74) is 0.662. The van der Waals surface area contributed by atoms with E-state index in [4.69, 9.17) is 12.6 Å². The van der Waals surface area contributed by atoms with Crippen LogP contribution in [0.25, 0.3) is 0 Å². The van der Waals surface area contributed by atoms with Crippen LogP contribution >= 0.6 is 0 Å². The smallest absolute Gasteiger partial charge is 0.748 e. The van der Waals surface area contributed by atoms with E-state index >= 15 is 0 Å². The minimum absolute atomic E-state index is 0. The molecule has 156 valence electrons. The van der Waals surface area contributed by atoms with E-state index in [-0.39, 0.29) is 102 Å². The second-order valence-electron chi connectivity index (χ2n) is 7.43. The van der Waals surface area contributed by atoms with Gasteiger partial charge in [-0.05, 0) is 19.3 Å². The molecule has 5 unspecified atom stereocenters. The number of Topliss-reactive ketones (excluding diaryl/α,β-unsaturated/α-hetero) is 2. The monoisotopic (exact) mass is 478 g/mol. The first-order chi connectivity index (χ1) is 13.1. The Labute approximate surface area is 220 Å². The molecule has 10 nitrogen and oxygen atoms in total. The molecule has 30 heavy (non-hydrogen) atoms. The quantitative estimate of drug-likeness (QED) is 0.160. The molecule has 4 rings (SSSR count).